The average molecular weight is 873 g/mol. The highest BCUT2D eigenvalue weighted by atomic mass is 19.1. The summed E-state index contributed by atoms with van der Waals surface area (Å²) in [4.78, 5) is 69.5. The number of ether oxygens (including phenoxy) is 2. The Morgan fingerprint density at radius 3 is 2.35 bits per heavy atom. The number of aromatic nitrogens is 2. The Morgan fingerprint density at radius 2 is 1.70 bits per heavy atom. The number of aryl methyl sites for hydroxylation is 2. The number of halogens is 1. The number of esters is 1. The molecule has 3 aliphatic rings. The number of primary amides is 1. The number of hydrogen-bond acceptors (Lipinski definition) is 11. The summed E-state index contributed by atoms with van der Waals surface area (Å²) in [5.74, 6) is -1.26. The van der Waals surface area contributed by atoms with Crippen LogP contribution >= 0.6 is 0 Å². The van der Waals surface area contributed by atoms with Crippen molar-refractivity contribution >= 4 is 40.5 Å². The minimum Gasteiger partial charge on any atom is -0.458 e. The molecule has 6 N–H and O–H groups in total. The standard InChI is InChI=1S/C23H38N4O5.C22H17FN2O4.C2H6/c1-7-19(29)27(14-22(2,3)15-28)23(4,5)11-20(30)26(6)12-17-10-18(24)9-8-16(17)13-32-21(25)31;1-9-10-3-2-4-11-13-7-25-17(19(13)24-16(18(10)11)6-15(9)23)5-12-14(21(25)27)8-29-22(28)20(12)26;1-2/h8-10,28H,7,11-15,24H2,1-6H3,(H2,25,31);5-6,20,26H,2-4,7-8H2,1H3;1-2H3. The van der Waals surface area contributed by atoms with Gasteiger partial charge < -0.3 is 45.5 Å². The van der Waals surface area contributed by atoms with E-state index in [0.29, 0.717) is 58.8 Å². The Morgan fingerprint density at radius 1 is 1.02 bits per heavy atom. The molecule has 4 heterocycles. The largest absolute Gasteiger partial charge is 0.458 e. The maximum absolute atomic E-state index is 14.5. The van der Waals surface area contributed by atoms with Crippen LogP contribution in [0.4, 0.5) is 14.9 Å². The molecule has 1 unspecified atom stereocenters. The molecule has 1 aliphatic carbocycles. The number of carbonyl (C=O) groups is 4. The van der Waals surface area contributed by atoms with Gasteiger partial charge in [0.1, 0.15) is 19.0 Å². The molecule has 2 aromatic heterocycles. The van der Waals surface area contributed by atoms with E-state index in [1.165, 1.54) is 6.07 Å². The van der Waals surface area contributed by atoms with Crippen molar-refractivity contribution in [2.45, 2.75) is 125 Å². The second kappa shape index (κ2) is 19.3. The number of nitrogens with two attached hydrogens (primary N) is 2. The van der Waals surface area contributed by atoms with Gasteiger partial charge >= 0.3 is 12.1 Å². The van der Waals surface area contributed by atoms with Gasteiger partial charge in [-0.05, 0) is 86.1 Å². The number of pyridine rings is 2. The molecule has 0 fully saturated rings. The Balaban J connectivity index is 0.000000229. The van der Waals surface area contributed by atoms with Gasteiger partial charge in [-0.2, -0.15) is 0 Å². The molecule has 340 valence electrons. The van der Waals surface area contributed by atoms with Crippen molar-refractivity contribution in [3.63, 3.8) is 0 Å². The number of amides is 3. The van der Waals surface area contributed by atoms with Gasteiger partial charge in [0.25, 0.3) is 5.56 Å². The van der Waals surface area contributed by atoms with E-state index >= 15 is 0 Å². The Hall–Kier alpha value is -5.87. The molecule has 16 heteroatoms. The predicted octanol–water partition coefficient (Wildman–Crippen LogP) is 5.73. The first kappa shape index (κ1) is 48.2. The molecular formula is C47H61FN6O9. The molecule has 0 saturated heterocycles. The summed E-state index contributed by atoms with van der Waals surface area (Å²) >= 11 is 0. The molecule has 3 amide bonds. The van der Waals surface area contributed by atoms with E-state index in [1.807, 2.05) is 41.5 Å². The van der Waals surface area contributed by atoms with E-state index in [1.54, 1.807) is 59.5 Å². The number of nitrogens with zero attached hydrogens (tertiary/aromatic N) is 4. The fraction of sp³-hybridized carbons (Fsp3) is 0.489. The van der Waals surface area contributed by atoms with Crippen LogP contribution in [-0.4, -0.2) is 79.2 Å². The maximum Gasteiger partial charge on any atom is 0.404 e. The van der Waals surface area contributed by atoms with E-state index < -0.39 is 29.1 Å². The third-order valence-electron chi connectivity index (χ3n) is 11.9. The van der Waals surface area contributed by atoms with E-state index in [0.717, 1.165) is 46.9 Å². The van der Waals surface area contributed by atoms with Crippen LogP contribution in [0.25, 0.3) is 22.3 Å². The van der Waals surface area contributed by atoms with E-state index in [4.69, 9.17) is 25.9 Å². The molecule has 2 aromatic carbocycles. The maximum atomic E-state index is 14.5. The summed E-state index contributed by atoms with van der Waals surface area (Å²) < 4.78 is 25.9. The second-order valence-corrected chi connectivity index (χ2v) is 17.5. The first-order chi connectivity index (χ1) is 29.7. The zero-order valence-electron chi connectivity index (χ0n) is 37.8. The minimum atomic E-state index is -1.48. The quantitative estimate of drug-likeness (QED) is 0.0928. The first-order valence-electron chi connectivity index (χ1n) is 21.4. The molecule has 15 nitrogen and oxygen atoms in total. The molecule has 2 aliphatic heterocycles. The van der Waals surface area contributed by atoms with Crippen molar-refractivity contribution in [1.82, 2.24) is 19.4 Å². The summed E-state index contributed by atoms with van der Waals surface area (Å²) in [5, 5.41) is 20.9. The van der Waals surface area contributed by atoms with Crippen LogP contribution in [0.1, 0.15) is 118 Å². The van der Waals surface area contributed by atoms with Crippen molar-refractivity contribution in [3.05, 3.63) is 91.0 Å². The summed E-state index contributed by atoms with van der Waals surface area (Å²) in [6.45, 7) is 15.8. The number of benzene rings is 2. The lowest BCUT2D eigenvalue weighted by molar-refractivity contribution is -0.157. The highest BCUT2D eigenvalue weighted by molar-refractivity contribution is 5.92. The molecule has 1 atom stereocenters. The van der Waals surface area contributed by atoms with Gasteiger partial charge in [-0.25, -0.2) is 19.0 Å². The number of carbonyl (C=O) groups excluding carboxylic acids is 4. The average Bonchev–Trinajstić information content (AvgIpc) is 3.62. The molecule has 0 saturated carbocycles. The fourth-order valence-corrected chi connectivity index (χ4v) is 8.40. The number of nitrogen functional groups attached to an aromatic ring is 1. The molecule has 0 spiro atoms. The summed E-state index contributed by atoms with van der Waals surface area (Å²) in [6.07, 6.45) is 0.642. The zero-order valence-corrected chi connectivity index (χ0v) is 37.8. The van der Waals surface area contributed by atoms with E-state index in [9.17, 15) is 38.6 Å². The molecule has 0 bridgehead atoms. The lowest BCUT2D eigenvalue weighted by atomic mass is 9.85. The van der Waals surface area contributed by atoms with Crippen LogP contribution in [0.15, 0.2) is 35.1 Å². The van der Waals surface area contributed by atoms with Gasteiger partial charge in [0.15, 0.2) is 6.10 Å². The lowest BCUT2D eigenvalue weighted by Gasteiger charge is -2.43. The molecular weight excluding hydrogens is 812 g/mol. The van der Waals surface area contributed by atoms with Crippen LogP contribution in [0.2, 0.25) is 0 Å². The number of hydrogen-bond donors (Lipinski definition) is 4. The smallest absolute Gasteiger partial charge is 0.404 e. The van der Waals surface area contributed by atoms with Crippen molar-refractivity contribution in [3.8, 4) is 11.4 Å². The monoisotopic (exact) mass is 872 g/mol. The van der Waals surface area contributed by atoms with Gasteiger partial charge in [0.2, 0.25) is 11.8 Å². The minimum absolute atomic E-state index is 0.0203. The second-order valence-electron chi connectivity index (χ2n) is 17.5. The van der Waals surface area contributed by atoms with E-state index in [2.05, 4.69) is 0 Å². The highest BCUT2D eigenvalue weighted by Crippen LogP contribution is 2.42. The van der Waals surface area contributed by atoms with Crippen molar-refractivity contribution in [1.29, 1.82) is 0 Å². The lowest BCUT2D eigenvalue weighted by Crippen LogP contribution is -2.53. The van der Waals surface area contributed by atoms with Gasteiger partial charge in [-0.1, -0.05) is 40.7 Å². The topological polar surface area (TPSA) is 221 Å². The summed E-state index contributed by atoms with van der Waals surface area (Å²) in [6, 6.07) is 8.27. The van der Waals surface area contributed by atoms with Crippen molar-refractivity contribution in [2.75, 3.05) is 25.9 Å². The predicted molar refractivity (Wildman–Crippen MR) is 237 cm³/mol. The zero-order chi connectivity index (χ0) is 46.7. The van der Waals surface area contributed by atoms with Crippen LogP contribution < -0.4 is 17.0 Å². The molecule has 4 aromatic rings. The third kappa shape index (κ3) is 10.0. The molecule has 0 radical (unpaired) electrons. The Bertz CT molecular complexity index is 2500. The normalized spacial score (nSPS) is 14.8. The van der Waals surface area contributed by atoms with Crippen molar-refractivity contribution in [2.24, 2.45) is 11.1 Å². The van der Waals surface area contributed by atoms with Crippen molar-refractivity contribution < 1.29 is 43.3 Å². The van der Waals surface area contributed by atoms with Gasteiger partial charge in [-0.3, -0.25) is 14.4 Å². The molecule has 63 heavy (non-hydrogen) atoms. The number of rotatable bonds is 11. The Kier molecular flexibility index (Phi) is 14.7. The van der Waals surface area contributed by atoms with Crippen LogP contribution in [0.3, 0.4) is 0 Å². The van der Waals surface area contributed by atoms with Gasteiger partial charge in [0.05, 0.1) is 29.0 Å². The third-order valence-corrected chi connectivity index (χ3v) is 11.9. The fourth-order valence-electron chi connectivity index (χ4n) is 8.40. The Labute approximate surface area is 367 Å². The van der Waals surface area contributed by atoms with Crippen LogP contribution in [0, 0.1) is 18.2 Å². The van der Waals surface area contributed by atoms with Gasteiger partial charge in [-0.15, -0.1) is 0 Å². The highest BCUT2D eigenvalue weighted by Gasteiger charge is 2.38. The number of anilines is 1. The number of aliphatic hydroxyl groups is 2. The van der Waals surface area contributed by atoms with Gasteiger partial charge in [0, 0.05) is 78.8 Å². The summed E-state index contributed by atoms with van der Waals surface area (Å²) in [5.41, 5.74) is 17.5. The SMILES string of the molecule is CC.CCC(=O)N(CC(C)(C)CO)C(C)(C)CC(=O)N(C)Cc1cc(N)ccc1COC(N)=O.Cc1c(F)cc2nc3c(c4c2c1CCC4)Cn1c-3cc2c(c1=O)COC(=O)C2O. The van der Waals surface area contributed by atoms with Crippen LogP contribution in [0.5, 0.6) is 0 Å². The molecule has 7 rings (SSSR count). The first-order valence-corrected chi connectivity index (χ1v) is 21.4. The number of aliphatic hydroxyl groups excluding tert-OH is 2. The summed E-state index contributed by atoms with van der Waals surface area (Å²) in [7, 11) is 1.67. The van der Waals surface area contributed by atoms with E-state index in [-0.39, 0.29) is 61.5 Å². The number of fused-ring (bicyclic) bond motifs is 5. The number of cyclic esters (lactones) is 1. The van der Waals surface area contributed by atoms with Crippen LogP contribution in [-0.2, 0) is 63.0 Å².